The number of benzene rings is 2. The van der Waals surface area contributed by atoms with Crippen LogP contribution < -0.4 is 14.8 Å². The van der Waals surface area contributed by atoms with Crippen molar-refractivity contribution in [2.45, 2.75) is 20.3 Å². The van der Waals surface area contributed by atoms with E-state index < -0.39 is 0 Å². The summed E-state index contributed by atoms with van der Waals surface area (Å²) in [6, 6.07) is 13.5. The molecule has 1 aliphatic rings. The molecule has 1 aromatic heterocycles. The molecule has 4 rings (SSSR count). The summed E-state index contributed by atoms with van der Waals surface area (Å²) in [6.45, 7) is 9.06. The van der Waals surface area contributed by atoms with Gasteiger partial charge >= 0.3 is 0 Å². The lowest BCUT2D eigenvalue weighted by molar-refractivity contribution is 0.0374. The summed E-state index contributed by atoms with van der Waals surface area (Å²) in [6.07, 6.45) is 0.878. The van der Waals surface area contributed by atoms with Crippen LogP contribution in [0.5, 0.6) is 11.5 Å². The molecule has 8 nitrogen and oxygen atoms in total. The third-order valence-corrected chi connectivity index (χ3v) is 6.25. The minimum absolute atomic E-state index is 0.154. The molecule has 0 bridgehead atoms. The number of amides is 1. The Labute approximate surface area is 206 Å². The highest BCUT2D eigenvalue weighted by Crippen LogP contribution is 2.33. The standard InChI is InChI=1S/C27H34N4O4/c1-19-6-9-24(20(2)16-19)31-25(27(32)28-10-5-11-30-12-14-35-15-13-30)18-23(29-31)22-8-7-21(33-3)17-26(22)34-4/h6-9,16-18H,5,10-15H2,1-4H3,(H,28,32). The highest BCUT2D eigenvalue weighted by Gasteiger charge is 2.21. The smallest absolute Gasteiger partial charge is 0.270 e. The maximum atomic E-state index is 13.3. The van der Waals surface area contributed by atoms with Gasteiger partial charge in [-0.15, -0.1) is 0 Å². The van der Waals surface area contributed by atoms with Crippen LogP contribution in [-0.2, 0) is 4.74 Å². The number of hydrogen-bond donors (Lipinski definition) is 1. The van der Waals surface area contributed by atoms with Gasteiger partial charge in [-0.05, 0) is 56.6 Å². The fourth-order valence-electron chi connectivity index (χ4n) is 4.33. The second-order valence-electron chi connectivity index (χ2n) is 8.75. The quantitative estimate of drug-likeness (QED) is 0.474. The molecule has 0 saturated carbocycles. The third-order valence-electron chi connectivity index (χ3n) is 6.25. The van der Waals surface area contributed by atoms with Crippen LogP contribution in [0.25, 0.3) is 16.9 Å². The number of carbonyl (C=O) groups is 1. The summed E-state index contributed by atoms with van der Waals surface area (Å²) in [4.78, 5) is 15.7. The molecule has 0 radical (unpaired) electrons. The minimum Gasteiger partial charge on any atom is -0.497 e. The van der Waals surface area contributed by atoms with Gasteiger partial charge in [0, 0.05) is 31.3 Å². The molecule has 2 aromatic carbocycles. The Morgan fingerprint density at radius 3 is 2.57 bits per heavy atom. The Balaban J connectivity index is 1.60. The van der Waals surface area contributed by atoms with E-state index in [1.54, 1.807) is 18.9 Å². The number of hydrogen-bond acceptors (Lipinski definition) is 6. The fraction of sp³-hybridized carbons (Fsp3) is 0.407. The van der Waals surface area contributed by atoms with E-state index in [0.29, 0.717) is 29.4 Å². The molecule has 1 amide bonds. The number of morpholine rings is 1. The van der Waals surface area contributed by atoms with Gasteiger partial charge in [0.15, 0.2) is 0 Å². The molecule has 1 aliphatic heterocycles. The maximum absolute atomic E-state index is 13.3. The van der Waals surface area contributed by atoms with Crippen LogP contribution >= 0.6 is 0 Å². The van der Waals surface area contributed by atoms with Gasteiger partial charge in [-0.25, -0.2) is 4.68 Å². The predicted molar refractivity (Wildman–Crippen MR) is 136 cm³/mol. The van der Waals surface area contributed by atoms with E-state index in [0.717, 1.165) is 61.6 Å². The zero-order chi connectivity index (χ0) is 24.8. The molecule has 35 heavy (non-hydrogen) atoms. The van der Waals surface area contributed by atoms with Crippen LogP contribution in [-0.4, -0.2) is 74.2 Å². The van der Waals surface area contributed by atoms with Crippen molar-refractivity contribution < 1.29 is 19.0 Å². The van der Waals surface area contributed by atoms with E-state index in [-0.39, 0.29) is 5.91 Å². The highest BCUT2D eigenvalue weighted by molar-refractivity contribution is 5.94. The number of aromatic nitrogens is 2. The third kappa shape index (κ3) is 5.83. The fourth-order valence-corrected chi connectivity index (χ4v) is 4.33. The normalized spacial score (nSPS) is 14.1. The van der Waals surface area contributed by atoms with Crippen molar-refractivity contribution in [3.8, 4) is 28.4 Å². The second-order valence-corrected chi connectivity index (χ2v) is 8.75. The van der Waals surface area contributed by atoms with Crippen LogP contribution in [0, 0.1) is 13.8 Å². The van der Waals surface area contributed by atoms with E-state index >= 15 is 0 Å². The molecule has 8 heteroatoms. The van der Waals surface area contributed by atoms with E-state index in [4.69, 9.17) is 19.3 Å². The molecule has 2 heterocycles. The zero-order valence-electron chi connectivity index (χ0n) is 21.0. The first-order valence-corrected chi connectivity index (χ1v) is 12.0. The number of carbonyl (C=O) groups excluding carboxylic acids is 1. The van der Waals surface area contributed by atoms with E-state index in [1.807, 2.05) is 43.3 Å². The number of nitrogens with zero attached hydrogens (tertiary/aromatic N) is 3. The van der Waals surface area contributed by atoms with Crippen molar-refractivity contribution in [3.05, 3.63) is 59.3 Å². The van der Waals surface area contributed by atoms with Crippen molar-refractivity contribution in [1.82, 2.24) is 20.0 Å². The number of rotatable bonds is 9. The van der Waals surface area contributed by atoms with Gasteiger partial charge in [0.05, 0.1) is 38.8 Å². The van der Waals surface area contributed by atoms with Gasteiger partial charge in [0.1, 0.15) is 17.2 Å². The van der Waals surface area contributed by atoms with Crippen molar-refractivity contribution in [2.75, 3.05) is 53.6 Å². The largest absolute Gasteiger partial charge is 0.497 e. The summed E-state index contributed by atoms with van der Waals surface area (Å²) in [5.41, 5.74) is 5.00. The zero-order valence-corrected chi connectivity index (χ0v) is 21.0. The van der Waals surface area contributed by atoms with Crippen LogP contribution in [0.3, 0.4) is 0 Å². The SMILES string of the molecule is COc1ccc(-c2cc(C(=O)NCCCN3CCOCC3)n(-c3ccc(C)cc3C)n2)c(OC)c1. The van der Waals surface area contributed by atoms with Crippen LogP contribution in [0.2, 0.25) is 0 Å². The van der Waals surface area contributed by atoms with Gasteiger partial charge < -0.3 is 19.5 Å². The van der Waals surface area contributed by atoms with Gasteiger partial charge in [-0.3, -0.25) is 9.69 Å². The molecule has 1 saturated heterocycles. The number of aryl methyl sites for hydroxylation is 2. The molecule has 186 valence electrons. The van der Waals surface area contributed by atoms with Gasteiger partial charge in [-0.2, -0.15) is 5.10 Å². The van der Waals surface area contributed by atoms with Gasteiger partial charge in [0.2, 0.25) is 0 Å². The molecule has 3 aromatic rings. The summed E-state index contributed by atoms with van der Waals surface area (Å²) >= 11 is 0. The number of methoxy groups -OCH3 is 2. The molecule has 0 aliphatic carbocycles. The lowest BCUT2D eigenvalue weighted by atomic mass is 10.1. The summed E-state index contributed by atoms with van der Waals surface area (Å²) < 4.78 is 18.1. The first kappa shape index (κ1) is 24.8. The molecule has 0 unspecified atom stereocenters. The molecular weight excluding hydrogens is 444 g/mol. The number of nitrogens with one attached hydrogen (secondary N) is 1. The summed E-state index contributed by atoms with van der Waals surface area (Å²) in [7, 11) is 3.23. The van der Waals surface area contributed by atoms with E-state index in [2.05, 4.69) is 23.2 Å². The molecule has 0 spiro atoms. The van der Waals surface area contributed by atoms with Crippen molar-refractivity contribution in [1.29, 1.82) is 0 Å². The van der Waals surface area contributed by atoms with Crippen molar-refractivity contribution >= 4 is 5.91 Å². The van der Waals surface area contributed by atoms with Crippen LogP contribution in [0.15, 0.2) is 42.5 Å². The number of ether oxygens (including phenoxy) is 3. The average molecular weight is 479 g/mol. The Kier molecular flexibility index (Phi) is 8.05. The Morgan fingerprint density at radius 1 is 1.06 bits per heavy atom. The van der Waals surface area contributed by atoms with Crippen LogP contribution in [0.4, 0.5) is 0 Å². The molecule has 1 fully saturated rings. The lowest BCUT2D eigenvalue weighted by Gasteiger charge is -2.26. The maximum Gasteiger partial charge on any atom is 0.270 e. The lowest BCUT2D eigenvalue weighted by Crippen LogP contribution is -2.38. The first-order valence-electron chi connectivity index (χ1n) is 12.0. The minimum atomic E-state index is -0.154. The van der Waals surface area contributed by atoms with Crippen LogP contribution in [0.1, 0.15) is 28.0 Å². The highest BCUT2D eigenvalue weighted by atomic mass is 16.5. The predicted octanol–water partition coefficient (Wildman–Crippen LogP) is 3.63. The van der Waals surface area contributed by atoms with E-state index in [9.17, 15) is 4.79 Å². The van der Waals surface area contributed by atoms with Gasteiger partial charge in [-0.1, -0.05) is 17.7 Å². The Hall–Kier alpha value is -3.36. The average Bonchev–Trinajstić information content (AvgIpc) is 3.31. The Bertz CT molecular complexity index is 1170. The summed E-state index contributed by atoms with van der Waals surface area (Å²) in [5.74, 6) is 1.17. The van der Waals surface area contributed by atoms with Crippen molar-refractivity contribution in [2.24, 2.45) is 0 Å². The second kappa shape index (κ2) is 11.4. The Morgan fingerprint density at radius 2 is 1.86 bits per heavy atom. The molecular formula is C27H34N4O4. The van der Waals surface area contributed by atoms with Crippen molar-refractivity contribution in [3.63, 3.8) is 0 Å². The first-order chi connectivity index (χ1) is 17.0. The van der Waals surface area contributed by atoms with Gasteiger partial charge in [0.25, 0.3) is 5.91 Å². The molecule has 0 atom stereocenters. The topological polar surface area (TPSA) is 77.9 Å². The molecule has 1 N–H and O–H groups in total. The van der Waals surface area contributed by atoms with E-state index in [1.165, 1.54) is 0 Å². The monoisotopic (exact) mass is 478 g/mol. The summed E-state index contributed by atoms with van der Waals surface area (Å²) in [5, 5.41) is 7.92.